The molecule has 19 heavy (non-hydrogen) atoms. The van der Waals surface area contributed by atoms with Gasteiger partial charge in [0.25, 0.3) is 0 Å². The number of hydrogen-bond donors (Lipinski definition) is 1. The lowest BCUT2D eigenvalue weighted by atomic mass is 10.2. The number of ether oxygens (including phenoxy) is 2. The number of nitrogens with one attached hydrogen (secondary N) is 1. The fourth-order valence-electron chi connectivity index (χ4n) is 2.04. The minimum atomic E-state index is 0.111. The van der Waals surface area contributed by atoms with Crippen molar-refractivity contribution in [3.63, 3.8) is 0 Å². The minimum absolute atomic E-state index is 0.111. The Bertz CT molecular complexity index is 356. The molecule has 1 unspecified atom stereocenters. The van der Waals surface area contributed by atoms with Crippen LogP contribution in [0.15, 0.2) is 6.20 Å². The maximum atomic E-state index is 5.59. The molecule has 5 heteroatoms. The highest BCUT2D eigenvalue weighted by Gasteiger charge is 2.22. The van der Waals surface area contributed by atoms with Gasteiger partial charge in [-0.15, -0.1) is 0 Å². The Morgan fingerprint density at radius 1 is 1.37 bits per heavy atom. The predicted octanol–water partition coefficient (Wildman–Crippen LogP) is 2.55. The average molecular weight is 269 g/mol. The molecule has 0 aliphatic rings. The van der Waals surface area contributed by atoms with Crippen LogP contribution in [0.25, 0.3) is 0 Å². The second kappa shape index (κ2) is 8.17. The van der Waals surface area contributed by atoms with E-state index in [1.54, 1.807) is 13.3 Å². The van der Waals surface area contributed by atoms with Crippen molar-refractivity contribution >= 4 is 0 Å². The Morgan fingerprint density at radius 2 is 2.11 bits per heavy atom. The zero-order valence-electron chi connectivity index (χ0n) is 12.8. The van der Waals surface area contributed by atoms with E-state index in [1.807, 2.05) is 11.6 Å². The highest BCUT2D eigenvalue weighted by atomic mass is 16.5. The molecule has 0 radical (unpaired) electrons. The Labute approximate surface area is 116 Å². The van der Waals surface area contributed by atoms with E-state index < -0.39 is 0 Å². The monoisotopic (exact) mass is 269 g/mol. The van der Waals surface area contributed by atoms with E-state index in [0.29, 0.717) is 19.3 Å². The molecule has 1 aromatic rings. The van der Waals surface area contributed by atoms with Gasteiger partial charge in [0.15, 0.2) is 5.75 Å². The fourth-order valence-corrected chi connectivity index (χ4v) is 2.04. The third-order valence-corrected chi connectivity index (χ3v) is 2.97. The summed E-state index contributed by atoms with van der Waals surface area (Å²) < 4.78 is 13.0. The standard InChI is InChI=1S/C14H27N3O2/c1-6-8-15-12(10-19-7-2)14-13(18-5)9-16-17(14)11(3)4/h9,11-12,15H,6-8,10H2,1-5H3. The number of hydrogen-bond acceptors (Lipinski definition) is 4. The molecule has 1 N–H and O–H groups in total. The summed E-state index contributed by atoms with van der Waals surface area (Å²) in [5, 5.41) is 7.93. The third kappa shape index (κ3) is 4.21. The summed E-state index contributed by atoms with van der Waals surface area (Å²) in [6.07, 6.45) is 2.86. The molecule has 110 valence electrons. The van der Waals surface area contributed by atoms with Crippen LogP contribution in [0.2, 0.25) is 0 Å². The smallest absolute Gasteiger partial charge is 0.161 e. The molecule has 0 saturated carbocycles. The lowest BCUT2D eigenvalue weighted by molar-refractivity contribution is 0.119. The van der Waals surface area contributed by atoms with Crippen molar-refractivity contribution < 1.29 is 9.47 Å². The van der Waals surface area contributed by atoms with E-state index in [1.165, 1.54) is 0 Å². The molecule has 0 saturated heterocycles. The molecule has 0 aliphatic carbocycles. The largest absolute Gasteiger partial charge is 0.493 e. The summed E-state index contributed by atoms with van der Waals surface area (Å²) >= 11 is 0. The van der Waals surface area contributed by atoms with Crippen molar-refractivity contribution in [2.75, 3.05) is 26.9 Å². The molecular weight excluding hydrogens is 242 g/mol. The Morgan fingerprint density at radius 3 is 2.63 bits per heavy atom. The SMILES string of the molecule is CCCNC(COCC)c1c(OC)cnn1C(C)C. The number of nitrogens with zero attached hydrogens (tertiary/aromatic N) is 2. The van der Waals surface area contributed by atoms with E-state index in [0.717, 1.165) is 24.4 Å². The van der Waals surface area contributed by atoms with Crippen LogP contribution >= 0.6 is 0 Å². The molecule has 1 aromatic heterocycles. The van der Waals surface area contributed by atoms with E-state index in [2.05, 4.69) is 31.2 Å². The fraction of sp³-hybridized carbons (Fsp3) is 0.786. The van der Waals surface area contributed by atoms with Gasteiger partial charge < -0.3 is 14.8 Å². The summed E-state index contributed by atoms with van der Waals surface area (Å²) in [5.41, 5.74) is 1.07. The Kier molecular flexibility index (Phi) is 6.87. The molecule has 1 rings (SSSR count). The highest BCUT2D eigenvalue weighted by Crippen LogP contribution is 2.27. The van der Waals surface area contributed by atoms with Gasteiger partial charge in [-0.05, 0) is 33.7 Å². The van der Waals surface area contributed by atoms with Crippen LogP contribution in [0.4, 0.5) is 0 Å². The minimum Gasteiger partial charge on any atom is -0.493 e. The second-order valence-electron chi connectivity index (χ2n) is 4.80. The molecule has 0 amide bonds. The van der Waals surface area contributed by atoms with Gasteiger partial charge in [-0.1, -0.05) is 6.92 Å². The molecule has 1 heterocycles. The van der Waals surface area contributed by atoms with Crippen LogP contribution in [-0.2, 0) is 4.74 Å². The van der Waals surface area contributed by atoms with Gasteiger partial charge in [-0.3, -0.25) is 4.68 Å². The van der Waals surface area contributed by atoms with Gasteiger partial charge in [0.2, 0.25) is 0 Å². The van der Waals surface area contributed by atoms with Crippen LogP contribution in [0.1, 0.15) is 51.9 Å². The normalized spacial score (nSPS) is 12.9. The number of rotatable bonds is 9. The predicted molar refractivity (Wildman–Crippen MR) is 76.7 cm³/mol. The number of aromatic nitrogens is 2. The lowest BCUT2D eigenvalue weighted by Crippen LogP contribution is -2.29. The van der Waals surface area contributed by atoms with Gasteiger partial charge in [0, 0.05) is 12.6 Å². The Balaban J connectivity index is 2.99. The van der Waals surface area contributed by atoms with Crippen LogP contribution < -0.4 is 10.1 Å². The molecule has 0 spiro atoms. The Hall–Kier alpha value is -1.07. The lowest BCUT2D eigenvalue weighted by Gasteiger charge is -2.22. The van der Waals surface area contributed by atoms with Gasteiger partial charge in [-0.25, -0.2) is 0 Å². The zero-order chi connectivity index (χ0) is 14.3. The molecule has 0 bridgehead atoms. The van der Waals surface area contributed by atoms with E-state index in [-0.39, 0.29) is 6.04 Å². The van der Waals surface area contributed by atoms with Crippen molar-refractivity contribution in [2.24, 2.45) is 0 Å². The average Bonchev–Trinajstić information content (AvgIpc) is 2.83. The van der Waals surface area contributed by atoms with E-state index in [9.17, 15) is 0 Å². The summed E-state index contributed by atoms with van der Waals surface area (Å²) in [7, 11) is 1.68. The topological polar surface area (TPSA) is 48.3 Å². The van der Waals surface area contributed by atoms with Gasteiger partial charge in [0.1, 0.15) is 0 Å². The van der Waals surface area contributed by atoms with Crippen molar-refractivity contribution in [3.05, 3.63) is 11.9 Å². The van der Waals surface area contributed by atoms with E-state index in [4.69, 9.17) is 9.47 Å². The molecule has 5 nitrogen and oxygen atoms in total. The maximum Gasteiger partial charge on any atom is 0.161 e. The first-order valence-electron chi connectivity index (χ1n) is 7.08. The van der Waals surface area contributed by atoms with Crippen molar-refractivity contribution in [1.29, 1.82) is 0 Å². The summed E-state index contributed by atoms with van der Waals surface area (Å²) in [5.74, 6) is 0.821. The maximum absolute atomic E-state index is 5.59. The summed E-state index contributed by atoms with van der Waals surface area (Å²) in [6.45, 7) is 10.7. The van der Waals surface area contributed by atoms with E-state index >= 15 is 0 Å². The number of methoxy groups -OCH3 is 1. The summed E-state index contributed by atoms with van der Waals surface area (Å²) in [4.78, 5) is 0. The van der Waals surface area contributed by atoms with Gasteiger partial charge >= 0.3 is 0 Å². The molecular formula is C14H27N3O2. The first kappa shape index (κ1) is 16.0. The zero-order valence-corrected chi connectivity index (χ0v) is 12.8. The molecule has 0 aromatic carbocycles. The van der Waals surface area contributed by atoms with Crippen LogP contribution in [-0.4, -0.2) is 36.6 Å². The van der Waals surface area contributed by atoms with Crippen molar-refractivity contribution in [2.45, 2.75) is 46.2 Å². The van der Waals surface area contributed by atoms with Crippen LogP contribution in [0.5, 0.6) is 5.75 Å². The van der Waals surface area contributed by atoms with Gasteiger partial charge in [-0.2, -0.15) is 5.10 Å². The van der Waals surface area contributed by atoms with Crippen LogP contribution in [0.3, 0.4) is 0 Å². The highest BCUT2D eigenvalue weighted by molar-refractivity contribution is 5.29. The van der Waals surface area contributed by atoms with Crippen molar-refractivity contribution in [1.82, 2.24) is 15.1 Å². The summed E-state index contributed by atoms with van der Waals surface area (Å²) in [6, 6.07) is 0.409. The molecule has 1 atom stereocenters. The first-order chi connectivity index (χ1) is 9.15. The molecule has 0 fully saturated rings. The first-order valence-corrected chi connectivity index (χ1v) is 7.08. The quantitative estimate of drug-likeness (QED) is 0.748. The van der Waals surface area contributed by atoms with Gasteiger partial charge in [0.05, 0.1) is 31.6 Å². The van der Waals surface area contributed by atoms with Crippen molar-refractivity contribution in [3.8, 4) is 5.75 Å². The molecule has 0 aliphatic heterocycles. The second-order valence-corrected chi connectivity index (χ2v) is 4.80. The van der Waals surface area contributed by atoms with Crippen LogP contribution in [0, 0.1) is 0 Å². The third-order valence-electron chi connectivity index (χ3n) is 2.97.